The van der Waals surface area contributed by atoms with E-state index in [1.54, 1.807) is 0 Å². The molecule has 1 atom stereocenters. The second kappa shape index (κ2) is 3.69. The van der Waals surface area contributed by atoms with Crippen LogP contribution in [0, 0.1) is 11.3 Å². The molecule has 0 spiro atoms. The zero-order valence-electron chi connectivity index (χ0n) is 7.85. The summed E-state index contributed by atoms with van der Waals surface area (Å²) in [7, 11) is 0. The predicted octanol–water partition coefficient (Wildman–Crippen LogP) is 1.45. The molecule has 1 aromatic carbocycles. The molecule has 1 unspecified atom stereocenters. The normalized spacial score (nSPS) is 20.0. The summed E-state index contributed by atoms with van der Waals surface area (Å²) in [6.45, 7) is 1.15. The van der Waals surface area contributed by atoms with Crippen molar-refractivity contribution in [2.45, 2.75) is 12.5 Å². The molecule has 3 nitrogen and oxygen atoms in total. The van der Waals surface area contributed by atoms with E-state index < -0.39 is 0 Å². The molecule has 0 bridgehead atoms. The molecule has 1 aromatic rings. The van der Waals surface area contributed by atoms with Crippen molar-refractivity contribution in [1.82, 2.24) is 0 Å². The Kier molecular flexibility index (Phi) is 2.38. The number of para-hydroxylation sites is 1. The first-order chi connectivity index (χ1) is 6.83. The van der Waals surface area contributed by atoms with Crippen LogP contribution in [0.5, 0.6) is 0 Å². The molecule has 1 N–H and O–H groups in total. The number of fused-ring (bicyclic) bond motifs is 1. The van der Waals surface area contributed by atoms with Crippen molar-refractivity contribution in [3.05, 3.63) is 29.8 Å². The fraction of sp³-hybridized carbons (Fsp3) is 0.364. The molecule has 1 aliphatic heterocycles. The number of rotatable bonds is 1. The van der Waals surface area contributed by atoms with Crippen molar-refractivity contribution in [2.24, 2.45) is 0 Å². The minimum Gasteiger partial charge on any atom is -0.388 e. The van der Waals surface area contributed by atoms with Gasteiger partial charge in [-0.2, -0.15) is 5.26 Å². The van der Waals surface area contributed by atoms with Gasteiger partial charge in [0.1, 0.15) is 6.54 Å². The zero-order valence-corrected chi connectivity index (χ0v) is 7.85. The highest BCUT2D eigenvalue weighted by Gasteiger charge is 2.22. The molecule has 0 aromatic heterocycles. The van der Waals surface area contributed by atoms with Gasteiger partial charge < -0.3 is 10.0 Å². The SMILES string of the molecule is N#CCN1CCC(O)c2ccccc21. The zero-order chi connectivity index (χ0) is 9.97. The van der Waals surface area contributed by atoms with Gasteiger partial charge in [-0.05, 0) is 12.5 Å². The Balaban J connectivity index is 2.37. The van der Waals surface area contributed by atoms with Crippen LogP contribution in [0.15, 0.2) is 24.3 Å². The van der Waals surface area contributed by atoms with Gasteiger partial charge in [-0.3, -0.25) is 0 Å². The summed E-state index contributed by atoms with van der Waals surface area (Å²) in [5.41, 5.74) is 1.93. The molecule has 0 fully saturated rings. The highest BCUT2D eigenvalue weighted by molar-refractivity contribution is 5.56. The summed E-state index contributed by atoms with van der Waals surface area (Å²) in [5.74, 6) is 0. The maximum Gasteiger partial charge on any atom is 0.105 e. The Hall–Kier alpha value is -1.53. The molecular weight excluding hydrogens is 176 g/mol. The third-order valence-corrected chi connectivity index (χ3v) is 2.57. The highest BCUT2D eigenvalue weighted by atomic mass is 16.3. The topological polar surface area (TPSA) is 47.3 Å². The number of nitriles is 1. The molecule has 0 amide bonds. The molecular formula is C11H12N2O. The van der Waals surface area contributed by atoms with Crippen LogP contribution in [0.4, 0.5) is 5.69 Å². The predicted molar refractivity (Wildman–Crippen MR) is 53.8 cm³/mol. The highest BCUT2D eigenvalue weighted by Crippen LogP contribution is 2.32. The first-order valence-corrected chi connectivity index (χ1v) is 4.72. The standard InChI is InChI=1S/C11H12N2O/c12-6-8-13-7-5-11(14)9-3-1-2-4-10(9)13/h1-4,11,14H,5,7-8H2. The van der Waals surface area contributed by atoms with Crippen LogP contribution in [0.3, 0.4) is 0 Å². The first-order valence-electron chi connectivity index (χ1n) is 4.72. The number of benzene rings is 1. The summed E-state index contributed by atoms with van der Waals surface area (Å²) in [5, 5.41) is 18.4. The van der Waals surface area contributed by atoms with E-state index in [4.69, 9.17) is 5.26 Å². The number of hydrogen-bond donors (Lipinski definition) is 1. The molecule has 0 aliphatic carbocycles. The van der Waals surface area contributed by atoms with E-state index in [2.05, 4.69) is 6.07 Å². The molecule has 72 valence electrons. The summed E-state index contributed by atoms with van der Waals surface area (Å²) < 4.78 is 0. The van der Waals surface area contributed by atoms with E-state index >= 15 is 0 Å². The molecule has 3 heteroatoms. The fourth-order valence-electron chi connectivity index (χ4n) is 1.86. The molecule has 0 radical (unpaired) electrons. The van der Waals surface area contributed by atoms with Crippen molar-refractivity contribution in [2.75, 3.05) is 18.0 Å². The van der Waals surface area contributed by atoms with Crippen LogP contribution < -0.4 is 4.90 Å². The van der Waals surface area contributed by atoms with E-state index in [0.717, 1.165) is 17.8 Å². The van der Waals surface area contributed by atoms with Gasteiger partial charge in [0.05, 0.1) is 12.2 Å². The van der Waals surface area contributed by atoms with E-state index in [1.807, 2.05) is 29.2 Å². The monoisotopic (exact) mass is 188 g/mol. The van der Waals surface area contributed by atoms with Crippen molar-refractivity contribution < 1.29 is 5.11 Å². The number of nitrogens with zero attached hydrogens (tertiary/aromatic N) is 2. The largest absolute Gasteiger partial charge is 0.388 e. The van der Waals surface area contributed by atoms with Crippen molar-refractivity contribution in [1.29, 1.82) is 5.26 Å². The summed E-state index contributed by atoms with van der Waals surface area (Å²) >= 11 is 0. The molecule has 14 heavy (non-hydrogen) atoms. The Bertz CT molecular complexity index is 370. The van der Waals surface area contributed by atoms with E-state index in [1.165, 1.54) is 0 Å². The lowest BCUT2D eigenvalue weighted by Gasteiger charge is -2.31. The van der Waals surface area contributed by atoms with Crippen LogP contribution in [-0.4, -0.2) is 18.2 Å². The van der Waals surface area contributed by atoms with Gasteiger partial charge in [0.15, 0.2) is 0 Å². The lowest BCUT2D eigenvalue weighted by atomic mass is 9.99. The Morgan fingerprint density at radius 1 is 1.50 bits per heavy atom. The van der Waals surface area contributed by atoms with Gasteiger partial charge in [-0.15, -0.1) is 0 Å². The first kappa shape index (κ1) is 9.04. The van der Waals surface area contributed by atoms with Crippen molar-refractivity contribution in [3.63, 3.8) is 0 Å². The van der Waals surface area contributed by atoms with Gasteiger partial charge in [0, 0.05) is 17.8 Å². The molecule has 1 heterocycles. The lowest BCUT2D eigenvalue weighted by Crippen LogP contribution is -2.31. The third kappa shape index (κ3) is 1.45. The number of hydrogen-bond acceptors (Lipinski definition) is 3. The summed E-state index contributed by atoms with van der Waals surface area (Å²) in [4.78, 5) is 2.00. The smallest absolute Gasteiger partial charge is 0.105 e. The Morgan fingerprint density at radius 2 is 2.29 bits per heavy atom. The average Bonchev–Trinajstić information content (AvgIpc) is 2.23. The third-order valence-electron chi connectivity index (χ3n) is 2.57. The van der Waals surface area contributed by atoms with Crippen LogP contribution in [-0.2, 0) is 0 Å². The Labute approximate surface area is 83.2 Å². The molecule has 0 saturated carbocycles. The second-order valence-corrected chi connectivity index (χ2v) is 3.44. The van der Waals surface area contributed by atoms with Gasteiger partial charge >= 0.3 is 0 Å². The molecule has 2 rings (SSSR count). The lowest BCUT2D eigenvalue weighted by molar-refractivity contribution is 0.164. The van der Waals surface area contributed by atoms with E-state index in [9.17, 15) is 5.11 Å². The second-order valence-electron chi connectivity index (χ2n) is 3.44. The summed E-state index contributed by atoms with van der Waals surface area (Å²) in [6, 6.07) is 9.86. The Morgan fingerprint density at radius 3 is 3.07 bits per heavy atom. The van der Waals surface area contributed by atoms with Crippen molar-refractivity contribution in [3.8, 4) is 6.07 Å². The number of anilines is 1. The van der Waals surface area contributed by atoms with Gasteiger partial charge in [0.2, 0.25) is 0 Å². The maximum absolute atomic E-state index is 9.74. The van der Waals surface area contributed by atoms with Crippen molar-refractivity contribution >= 4 is 5.69 Å². The minimum absolute atomic E-state index is 0.374. The van der Waals surface area contributed by atoms with Gasteiger partial charge in [-0.1, -0.05) is 18.2 Å². The molecule has 1 aliphatic rings. The van der Waals surface area contributed by atoms with Crippen LogP contribution in [0.25, 0.3) is 0 Å². The maximum atomic E-state index is 9.74. The van der Waals surface area contributed by atoms with Crippen LogP contribution >= 0.6 is 0 Å². The van der Waals surface area contributed by atoms with Gasteiger partial charge in [0.25, 0.3) is 0 Å². The molecule has 0 saturated heterocycles. The average molecular weight is 188 g/mol. The summed E-state index contributed by atoms with van der Waals surface area (Å²) in [6.07, 6.45) is 0.333. The fourth-order valence-corrected chi connectivity index (χ4v) is 1.86. The minimum atomic E-state index is -0.374. The van der Waals surface area contributed by atoms with Crippen LogP contribution in [0.2, 0.25) is 0 Å². The number of aliphatic hydroxyl groups excluding tert-OH is 1. The quantitative estimate of drug-likeness (QED) is 0.678. The number of aliphatic hydroxyl groups is 1. The van der Waals surface area contributed by atoms with E-state index in [0.29, 0.717) is 13.0 Å². The van der Waals surface area contributed by atoms with Crippen LogP contribution in [0.1, 0.15) is 18.1 Å². The van der Waals surface area contributed by atoms with Gasteiger partial charge in [-0.25, -0.2) is 0 Å². The van der Waals surface area contributed by atoms with E-state index in [-0.39, 0.29) is 6.10 Å².